The van der Waals surface area contributed by atoms with Crippen molar-refractivity contribution in [2.24, 2.45) is 11.7 Å². The number of carbonyl (C=O) groups is 2. The van der Waals surface area contributed by atoms with Crippen LogP contribution in [0.4, 0.5) is 0 Å². The maximum absolute atomic E-state index is 11.7. The van der Waals surface area contributed by atoms with Gasteiger partial charge in [0, 0.05) is 7.05 Å². The Morgan fingerprint density at radius 1 is 1.31 bits per heavy atom. The molecule has 0 aliphatic rings. The van der Waals surface area contributed by atoms with Crippen LogP contribution in [0.15, 0.2) is 0 Å². The van der Waals surface area contributed by atoms with E-state index in [4.69, 9.17) is 5.73 Å². The van der Waals surface area contributed by atoms with E-state index in [1.165, 1.54) is 0 Å². The number of rotatable bonds is 5. The molecule has 0 aliphatic heterocycles. The molecule has 4 N–H and O–H groups in total. The van der Waals surface area contributed by atoms with Gasteiger partial charge < -0.3 is 16.4 Å². The van der Waals surface area contributed by atoms with Gasteiger partial charge in [0.1, 0.15) is 6.04 Å². The molecule has 1 unspecified atom stereocenters. The molecule has 0 spiro atoms. The van der Waals surface area contributed by atoms with Crippen LogP contribution < -0.4 is 16.4 Å². The third kappa shape index (κ3) is 5.11. The van der Waals surface area contributed by atoms with Crippen LogP contribution in [0.2, 0.25) is 0 Å². The van der Waals surface area contributed by atoms with E-state index in [2.05, 4.69) is 10.6 Å². The summed E-state index contributed by atoms with van der Waals surface area (Å²) < 4.78 is 0. The van der Waals surface area contributed by atoms with Crippen LogP contribution in [-0.2, 0) is 9.59 Å². The van der Waals surface area contributed by atoms with Gasteiger partial charge in [-0.25, -0.2) is 0 Å². The van der Waals surface area contributed by atoms with Crippen molar-refractivity contribution in [1.29, 1.82) is 0 Å². The summed E-state index contributed by atoms with van der Waals surface area (Å²) in [6.45, 7) is 7.21. The van der Waals surface area contributed by atoms with Crippen LogP contribution >= 0.6 is 0 Å². The first-order valence-corrected chi connectivity index (χ1v) is 5.50. The molecule has 0 aromatic heterocycles. The van der Waals surface area contributed by atoms with Crippen molar-refractivity contribution in [3.63, 3.8) is 0 Å². The van der Waals surface area contributed by atoms with Gasteiger partial charge in [-0.05, 0) is 26.2 Å². The summed E-state index contributed by atoms with van der Waals surface area (Å²) in [5, 5.41) is 5.20. The average molecular weight is 229 g/mol. The first-order valence-electron chi connectivity index (χ1n) is 5.50. The summed E-state index contributed by atoms with van der Waals surface area (Å²) in [7, 11) is 1.55. The van der Waals surface area contributed by atoms with E-state index >= 15 is 0 Å². The molecule has 0 aliphatic carbocycles. The van der Waals surface area contributed by atoms with E-state index in [-0.39, 0.29) is 11.8 Å². The van der Waals surface area contributed by atoms with Gasteiger partial charge in [-0.1, -0.05) is 13.8 Å². The van der Waals surface area contributed by atoms with Crippen molar-refractivity contribution in [3.8, 4) is 0 Å². The van der Waals surface area contributed by atoms with Crippen molar-refractivity contribution in [1.82, 2.24) is 10.6 Å². The van der Waals surface area contributed by atoms with Gasteiger partial charge in [-0.15, -0.1) is 0 Å². The second-order valence-corrected chi connectivity index (χ2v) is 4.99. The zero-order valence-corrected chi connectivity index (χ0v) is 10.8. The van der Waals surface area contributed by atoms with E-state index in [1.54, 1.807) is 20.9 Å². The first-order chi connectivity index (χ1) is 7.18. The summed E-state index contributed by atoms with van der Waals surface area (Å²) in [4.78, 5) is 23.2. The third-order valence-corrected chi connectivity index (χ3v) is 2.16. The lowest BCUT2D eigenvalue weighted by Crippen LogP contribution is -2.55. The van der Waals surface area contributed by atoms with Gasteiger partial charge in [0.05, 0.1) is 5.54 Å². The topological polar surface area (TPSA) is 84.2 Å². The number of nitrogens with two attached hydrogens (primary N) is 1. The molecular formula is C11H23N3O2. The van der Waals surface area contributed by atoms with Crippen LogP contribution in [0, 0.1) is 5.92 Å². The molecule has 94 valence electrons. The third-order valence-electron chi connectivity index (χ3n) is 2.16. The molecular weight excluding hydrogens is 206 g/mol. The van der Waals surface area contributed by atoms with Crippen LogP contribution in [0.1, 0.15) is 34.1 Å². The Labute approximate surface area is 97.2 Å². The maximum atomic E-state index is 11.7. The zero-order valence-electron chi connectivity index (χ0n) is 10.8. The molecule has 1 atom stereocenters. The van der Waals surface area contributed by atoms with Crippen molar-refractivity contribution < 1.29 is 9.59 Å². The Bertz CT molecular complexity index is 256. The van der Waals surface area contributed by atoms with E-state index in [0.717, 1.165) is 0 Å². The first kappa shape index (κ1) is 14.9. The van der Waals surface area contributed by atoms with Gasteiger partial charge in [0.15, 0.2) is 0 Å². The molecule has 5 nitrogen and oxygen atoms in total. The van der Waals surface area contributed by atoms with Crippen LogP contribution in [-0.4, -0.2) is 30.4 Å². The highest BCUT2D eigenvalue weighted by molar-refractivity contribution is 5.91. The second kappa shape index (κ2) is 5.84. The van der Waals surface area contributed by atoms with Gasteiger partial charge in [-0.2, -0.15) is 0 Å². The highest BCUT2D eigenvalue weighted by Gasteiger charge is 2.27. The predicted octanol–water partition coefficient (Wildman–Crippen LogP) is 0.000600. The molecule has 2 amide bonds. The van der Waals surface area contributed by atoms with Crippen molar-refractivity contribution in [3.05, 3.63) is 0 Å². The number of carbonyl (C=O) groups excluding carboxylic acids is 2. The standard InChI is InChI=1S/C11H23N3O2/c1-7(2)6-8(9(15)13-5)14-10(16)11(3,4)12/h7-8H,6,12H2,1-5H3,(H,13,15)(H,14,16). The molecule has 0 heterocycles. The Morgan fingerprint density at radius 3 is 2.12 bits per heavy atom. The van der Waals surface area contributed by atoms with Gasteiger partial charge in [-0.3, -0.25) is 9.59 Å². The molecule has 16 heavy (non-hydrogen) atoms. The highest BCUT2D eigenvalue weighted by Crippen LogP contribution is 2.06. The van der Waals surface area contributed by atoms with Gasteiger partial charge in [0.2, 0.25) is 11.8 Å². The van der Waals surface area contributed by atoms with Crippen LogP contribution in [0.3, 0.4) is 0 Å². The summed E-state index contributed by atoms with van der Waals surface area (Å²) in [6, 6.07) is -0.514. The minimum atomic E-state index is -0.969. The molecule has 0 aromatic rings. The Kier molecular flexibility index (Phi) is 5.44. The predicted molar refractivity (Wildman–Crippen MR) is 63.7 cm³/mol. The van der Waals surface area contributed by atoms with E-state index in [0.29, 0.717) is 12.3 Å². The van der Waals surface area contributed by atoms with Crippen LogP contribution in [0.5, 0.6) is 0 Å². The summed E-state index contributed by atoms with van der Waals surface area (Å²) in [5.41, 5.74) is 4.69. The molecule has 0 aromatic carbocycles. The second-order valence-electron chi connectivity index (χ2n) is 4.99. The number of hydrogen-bond acceptors (Lipinski definition) is 3. The van der Waals surface area contributed by atoms with Crippen molar-refractivity contribution >= 4 is 11.8 Å². The van der Waals surface area contributed by atoms with E-state index < -0.39 is 11.6 Å². The average Bonchev–Trinajstić information content (AvgIpc) is 2.13. The quantitative estimate of drug-likeness (QED) is 0.620. The lowest BCUT2D eigenvalue weighted by molar-refractivity contribution is -0.131. The molecule has 0 rings (SSSR count). The Morgan fingerprint density at radius 2 is 1.81 bits per heavy atom. The largest absolute Gasteiger partial charge is 0.357 e. The van der Waals surface area contributed by atoms with Gasteiger partial charge in [0.25, 0.3) is 0 Å². The molecule has 0 saturated carbocycles. The monoisotopic (exact) mass is 229 g/mol. The smallest absolute Gasteiger partial charge is 0.242 e. The highest BCUT2D eigenvalue weighted by atomic mass is 16.2. The molecule has 0 bridgehead atoms. The number of nitrogens with one attached hydrogen (secondary N) is 2. The van der Waals surface area contributed by atoms with E-state index in [9.17, 15) is 9.59 Å². The lowest BCUT2D eigenvalue weighted by atomic mass is 10.0. The number of likely N-dealkylation sites (N-methyl/N-ethyl adjacent to an activating group) is 1. The zero-order chi connectivity index (χ0) is 12.9. The minimum Gasteiger partial charge on any atom is -0.357 e. The number of hydrogen-bond donors (Lipinski definition) is 3. The molecule has 0 fully saturated rings. The Balaban J connectivity index is 4.55. The SMILES string of the molecule is CNC(=O)C(CC(C)C)NC(=O)C(C)(C)N. The maximum Gasteiger partial charge on any atom is 0.242 e. The fraction of sp³-hybridized carbons (Fsp3) is 0.818. The number of amides is 2. The molecule has 0 saturated heterocycles. The fourth-order valence-electron chi connectivity index (χ4n) is 1.22. The fourth-order valence-corrected chi connectivity index (χ4v) is 1.22. The Hall–Kier alpha value is -1.10. The molecule has 0 radical (unpaired) electrons. The van der Waals surface area contributed by atoms with Crippen LogP contribution in [0.25, 0.3) is 0 Å². The lowest BCUT2D eigenvalue weighted by Gasteiger charge is -2.24. The van der Waals surface area contributed by atoms with E-state index in [1.807, 2.05) is 13.8 Å². The normalized spacial score (nSPS) is 13.4. The summed E-state index contributed by atoms with van der Waals surface area (Å²) in [6.07, 6.45) is 0.599. The minimum absolute atomic E-state index is 0.189. The summed E-state index contributed by atoms with van der Waals surface area (Å²) >= 11 is 0. The summed E-state index contributed by atoms with van der Waals surface area (Å²) in [5.74, 6) is -0.184. The van der Waals surface area contributed by atoms with Crippen molar-refractivity contribution in [2.75, 3.05) is 7.05 Å². The molecule has 5 heteroatoms. The van der Waals surface area contributed by atoms with Crippen molar-refractivity contribution in [2.45, 2.75) is 45.7 Å². The van der Waals surface area contributed by atoms with Gasteiger partial charge >= 0.3 is 0 Å².